The third-order valence-electron chi connectivity index (χ3n) is 11.6. The standard InChI is InChI=1S/C40H45ClN6O5S/c1-25-6-4-8-34(51-3)30-12-9-28(30)20-47-23-40(15-5-7-26-18-29(41)11-13-32(26)40)24-52-35-14-10-27(19-33(35)47)38(48)44-53(50,22-25)45-39(49)31-21-46(2)37-36(31)42-16-17-43-37/h4,8,10-11,13-14,16-19,21,25,28,30,34H,5-7,9,12,15,20,22-24H2,1-3H3,(H,44,45,48,49,50)/b8-4-/t25-,28-,30+,34-,40-,53?/m0/s1. The molecule has 1 fully saturated rings. The highest BCUT2D eigenvalue weighted by atomic mass is 35.5. The predicted octanol–water partition coefficient (Wildman–Crippen LogP) is 6.69. The van der Waals surface area contributed by atoms with Gasteiger partial charge in [-0.15, -0.1) is 4.36 Å². The largest absolute Gasteiger partial charge is 0.490 e. The highest BCUT2D eigenvalue weighted by Crippen LogP contribution is 2.47. The molecule has 2 aliphatic carbocycles. The summed E-state index contributed by atoms with van der Waals surface area (Å²) in [6.07, 6.45) is 14.4. The molecule has 2 aromatic heterocycles. The number of anilines is 1. The van der Waals surface area contributed by atoms with Crippen LogP contribution in [0.5, 0.6) is 5.75 Å². The molecule has 4 heterocycles. The van der Waals surface area contributed by atoms with Crippen LogP contribution in [0.4, 0.5) is 5.69 Å². The van der Waals surface area contributed by atoms with Crippen LogP contribution in [-0.4, -0.2) is 69.2 Å². The van der Waals surface area contributed by atoms with Gasteiger partial charge in [0.15, 0.2) is 5.65 Å². The number of methoxy groups -OCH3 is 1. The van der Waals surface area contributed by atoms with Crippen molar-refractivity contribution in [3.8, 4) is 5.75 Å². The molecule has 1 N–H and O–H groups in total. The Morgan fingerprint density at radius 3 is 2.81 bits per heavy atom. The van der Waals surface area contributed by atoms with Crippen LogP contribution in [0.15, 0.2) is 71.5 Å². The zero-order chi connectivity index (χ0) is 36.9. The van der Waals surface area contributed by atoms with Gasteiger partial charge >= 0.3 is 0 Å². The van der Waals surface area contributed by atoms with E-state index in [-0.39, 0.29) is 34.3 Å². The van der Waals surface area contributed by atoms with Crippen molar-refractivity contribution in [2.75, 3.05) is 37.5 Å². The number of nitrogens with one attached hydrogen (secondary N) is 1. The second kappa shape index (κ2) is 14.2. The third kappa shape index (κ3) is 6.85. The fraction of sp³-hybridized carbons (Fsp3) is 0.450. The van der Waals surface area contributed by atoms with Crippen LogP contribution < -0.4 is 14.4 Å². The Morgan fingerprint density at radius 2 is 2.00 bits per heavy atom. The molecule has 278 valence electrons. The minimum Gasteiger partial charge on any atom is -0.490 e. The summed E-state index contributed by atoms with van der Waals surface area (Å²) in [7, 11) is -0.0801. The van der Waals surface area contributed by atoms with Crippen LogP contribution in [-0.2, 0) is 33.5 Å². The molecule has 11 nitrogen and oxygen atoms in total. The number of fused-ring (bicyclic) bond motifs is 5. The van der Waals surface area contributed by atoms with Gasteiger partial charge < -0.3 is 18.9 Å². The lowest BCUT2D eigenvalue weighted by Crippen LogP contribution is -2.49. The molecule has 4 aromatic rings. The number of allylic oxidation sites excluding steroid dienone is 1. The third-order valence-corrected chi connectivity index (χ3v) is 13.8. The number of hydrogen-bond acceptors (Lipinski definition) is 8. The van der Waals surface area contributed by atoms with Gasteiger partial charge in [0.25, 0.3) is 11.8 Å². The van der Waals surface area contributed by atoms with Gasteiger partial charge in [0.1, 0.15) is 21.2 Å². The van der Waals surface area contributed by atoms with Crippen LogP contribution in [0.2, 0.25) is 5.02 Å². The first-order valence-corrected chi connectivity index (χ1v) is 20.5. The van der Waals surface area contributed by atoms with Crippen molar-refractivity contribution in [2.45, 2.75) is 57.0 Å². The van der Waals surface area contributed by atoms with Gasteiger partial charge in [-0.1, -0.05) is 36.7 Å². The molecule has 4 aliphatic rings. The Morgan fingerprint density at radius 1 is 1.15 bits per heavy atom. The Balaban J connectivity index is 1.20. The van der Waals surface area contributed by atoms with Gasteiger partial charge in [0.05, 0.1) is 29.7 Å². The Hall–Kier alpha value is -4.26. The normalized spacial score (nSPS) is 29.2. The number of nitrogens with zero attached hydrogens (tertiary/aromatic N) is 5. The molecular formula is C40H45ClN6O5S. The van der Waals surface area contributed by atoms with Crippen LogP contribution in [0.3, 0.4) is 0 Å². The van der Waals surface area contributed by atoms with Crippen LogP contribution in [0.25, 0.3) is 11.2 Å². The number of carbonyl (C=O) groups is 2. The molecule has 1 spiro atoms. The van der Waals surface area contributed by atoms with E-state index in [1.807, 2.05) is 25.1 Å². The van der Waals surface area contributed by atoms with Gasteiger partial charge in [0, 0.05) is 61.8 Å². The van der Waals surface area contributed by atoms with E-state index < -0.39 is 21.7 Å². The summed E-state index contributed by atoms with van der Waals surface area (Å²) in [6, 6.07) is 11.6. The molecule has 2 aromatic carbocycles. The lowest BCUT2D eigenvalue weighted by atomic mass is 9.68. The summed E-state index contributed by atoms with van der Waals surface area (Å²) >= 11 is 6.47. The first kappa shape index (κ1) is 35.8. The highest BCUT2D eigenvalue weighted by Gasteiger charge is 2.44. The topological polar surface area (TPSA) is 128 Å². The van der Waals surface area contributed by atoms with Crippen LogP contribution in [0.1, 0.15) is 70.9 Å². The molecule has 2 aliphatic heterocycles. The molecule has 2 amide bonds. The van der Waals surface area contributed by atoms with Crippen molar-refractivity contribution in [3.05, 3.63) is 94.4 Å². The number of aryl methyl sites for hydroxylation is 2. The molecule has 13 heteroatoms. The van der Waals surface area contributed by atoms with Crippen molar-refractivity contribution in [2.24, 2.45) is 29.2 Å². The Kier molecular flexibility index (Phi) is 9.57. The molecule has 6 atom stereocenters. The van der Waals surface area contributed by atoms with E-state index in [0.717, 1.165) is 49.4 Å². The van der Waals surface area contributed by atoms with Gasteiger partial charge in [-0.2, -0.15) is 0 Å². The first-order valence-electron chi connectivity index (χ1n) is 18.4. The minimum absolute atomic E-state index is 0.0267. The second-order valence-electron chi connectivity index (χ2n) is 15.3. The van der Waals surface area contributed by atoms with Gasteiger partial charge in [-0.3, -0.25) is 19.3 Å². The van der Waals surface area contributed by atoms with E-state index in [1.165, 1.54) is 17.3 Å². The maximum Gasteiger partial charge on any atom is 0.286 e. The quantitative estimate of drug-likeness (QED) is 0.229. The van der Waals surface area contributed by atoms with E-state index in [4.69, 9.17) is 21.1 Å². The van der Waals surface area contributed by atoms with Gasteiger partial charge in [-0.25, -0.2) is 9.19 Å². The molecule has 8 rings (SSSR count). The fourth-order valence-corrected chi connectivity index (χ4v) is 10.9. The van der Waals surface area contributed by atoms with E-state index >= 15 is 0 Å². The van der Waals surface area contributed by atoms with E-state index in [2.05, 4.69) is 48.2 Å². The summed E-state index contributed by atoms with van der Waals surface area (Å²) in [5.74, 6) is -0.101. The average Bonchev–Trinajstić information content (AvgIpc) is 3.38. The number of ether oxygens (including phenoxy) is 2. The van der Waals surface area contributed by atoms with Crippen molar-refractivity contribution >= 4 is 50.2 Å². The zero-order valence-electron chi connectivity index (χ0n) is 30.3. The number of carbonyl (C=O) groups excluding carboxylic acids is 2. The minimum atomic E-state index is -3.60. The van der Waals surface area contributed by atoms with Crippen molar-refractivity contribution in [1.82, 2.24) is 19.3 Å². The molecule has 2 bridgehead atoms. The molecule has 0 radical (unpaired) electrons. The Bertz CT molecular complexity index is 2250. The average molecular weight is 757 g/mol. The lowest BCUT2D eigenvalue weighted by Gasteiger charge is -2.46. The molecule has 1 unspecified atom stereocenters. The SMILES string of the molecule is CO[C@H]1/C=C\C[C@H](C)CS(=O)(NC(=O)c2cn(C)c3nccnc23)=NC(=O)c2ccc3c(c2)N(C[C@@H]2CC[C@H]21)C[C@@]1(CCCc2cc(Cl)ccc21)CO3. The smallest absolute Gasteiger partial charge is 0.286 e. The Labute approximate surface area is 315 Å². The summed E-state index contributed by atoms with van der Waals surface area (Å²) < 4.78 is 36.1. The molecule has 1 saturated carbocycles. The van der Waals surface area contributed by atoms with Crippen LogP contribution in [0, 0.1) is 17.8 Å². The summed E-state index contributed by atoms with van der Waals surface area (Å²) in [6.45, 7) is 3.92. The molecular weight excluding hydrogens is 712 g/mol. The van der Waals surface area contributed by atoms with Crippen molar-refractivity contribution < 1.29 is 23.3 Å². The van der Waals surface area contributed by atoms with E-state index in [9.17, 15) is 13.8 Å². The van der Waals surface area contributed by atoms with E-state index in [0.29, 0.717) is 48.3 Å². The zero-order valence-corrected chi connectivity index (χ0v) is 31.9. The van der Waals surface area contributed by atoms with E-state index in [1.54, 1.807) is 37.2 Å². The molecule has 53 heavy (non-hydrogen) atoms. The van der Waals surface area contributed by atoms with Gasteiger partial charge in [-0.05, 0) is 97.7 Å². The highest BCUT2D eigenvalue weighted by molar-refractivity contribution is 7.92. The van der Waals surface area contributed by atoms with Gasteiger partial charge in [0.2, 0.25) is 0 Å². The number of halogens is 1. The summed E-state index contributed by atoms with van der Waals surface area (Å²) in [5, 5.41) is 0.736. The maximum absolute atomic E-state index is 14.7. The monoisotopic (exact) mass is 756 g/mol. The number of hydrogen-bond donors (Lipinski definition) is 1. The number of rotatable bonds is 3. The lowest BCUT2D eigenvalue weighted by molar-refractivity contribution is 0.0131. The van der Waals surface area contributed by atoms with Crippen LogP contribution >= 0.6 is 11.6 Å². The number of aromatic nitrogens is 3. The summed E-state index contributed by atoms with van der Waals surface area (Å²) in [4.78, 5) is 38.9. The fourth-order valence-electron chi connectivity index (χ4n) is 8.83. The van der Waals surface area contributed by atoms with Crippen molar-refractivity contribution in [3.63, 3.8) is 0 Å². The van der Waals surface area contributed by atoms with Crippen molar-refractivity contribution in [1.29, 1.82) is 0 Å². The second-order valence-corrected chi connectivity index (χ2v) is 17.7. The number of amides is 2. The number of benzene rings is 2. The summed E-state index contributed by atoms with van der Waals surface area (Å²) in [5.41, 5.74) is 4.44. The maximum atomic E-state index is 14.7. The predicted molar refractivity (Wildman–Crippen MR) is 206 cm³/mol. The molecule has 0 saturated heterocycles. The first-order chi connectivity index (χ1) is 25.5.